The Morgan fingerprint density at radius 2 is 2.67 bits per heavy atom. The number of halogens is 1. The Labute approximate surface area is 49.6 Å². The van der Waals surface area contributed by atoms with E-state index in [2.05, 4.69) is 14.9 Å². The lowest BCUT2D eigenvalue weighted by Gasteiger charge is -1.83. The highest BCUT2D eigenvalue weighted by Crippen LogP contribution is 1.93. The lowest BCUT2D eigenvalue weighted by molar-refractivity contribution is -0.0792. The molecule has 0 saturated heterocycles. The first-order chi connectivity index (χ1) is 4.34. The Morgan fingerprint density at radius 3 is 3.11 bits per heavy atom. The van der Waals surface area contributed by atoms with Crippen LogP contribution >= 0.6 is 0 Å². The van der Waals surface area contributed by atoms with Crippen molar-refractivity contribution in [2.75, 3.05) is 0 Å². The van der Waals surface area contributed by atoms with Crippen molar-refractivity contribution in [3.05, 3.63) is 18.2 Å². The molecule has 0 saturated carbocycles. The summed E-state index contributed by atoms with van der Waals surface area (Å²) < 4.78 is 11.1. The zero-order chi connectivity index (χ0) is 6.69. The van der Waals surface area contributed by atoms with Crippen molar-refractivity contribution in [2.45, 2.75) is 0 Å². The lowest BCUT2D eigenvalue weighted by atomic mass is 10.5. The average molecular weight is 130 g/mol. The summed E-state index contributed by atoms with van der Waals surface area (Å²) >= 11 is 0. The number of nitrogens with one attached hydrogen (secondary N) is 1. The highest BCUT2D eigenvalue weighted by molar-refractivity contribution is 5.86. The van der Waals surface area contributed by atoms with Crippen LogP contribution in [0.4, 0.5) is 4.53 Å². The maximum Gasteiger partial charge on any atom is 0.397 e. The average Bonchev–Trinajstić information content (AvgIpc) is 2.37. The van der Waals surface area contributed by atoms with Gasteiger partial charge in [0.05, 0.1) is 12.5 Å². The molecule has 1 rings (SSSR count). The van der Waals surface area contributed by atoms with Gasteiger partial charge >= 0.3 is 5.97 Å². The first-order valence-electron chi connectivity index (χ1n) is 2.16. The summed E-state index contributed by atoms with van der Waals surface area (Å²) in [5.41, 5.74) is -0.00231. The van der Waals surface area contributed by atoms with Crippen molar-refractivity contribution >= 4 is 5.97 Å². The molecule has 1 aromatic rings. The molecule has 0 aliphatic heterocycles. The van der Waals surface area contributed by atoms with Gasteiger partial charge in [0, 0.05) is 4.53 Å². The molecular formula is C4H3FN2O2. The first kappa shape index (κ1) is 5.74. The minimum absolute atomic E-state index is 0.00231. The van der Waals surface area contributed by atoms with Crippen LogP contribution in [0.25, 0.3) is 0 Å². The molecular weight excluding hydrogens is 127 g/mol. The van der Waals surface area contributed by atoms with E-state index in [1.54, 1.807) is 0 Å². The second-order valence-electron chi connectivity index (χ2n) is 1.33. The molecule has 1 N–H and O–H groups in total. The summed E-state index contributed by atoms with van der Waals surface area (Å²) in [6.45, 7) is 0. The normalized spacial score (nSPS) is 9.00. The monoisotopic (exact) mass is 130 g/mol. The molecule has 0 spiro atoms. The van der Waals surface area contributed by atoms with Gasteiger partial charge in [0.25, 0.3) is 0 Å². The Bertz CT molecular complexity index is 196. The summed E-state index contributed by atoms with van der Waals surface area (Å²) in [7, 11) is 0. The number of imidazole rings is 1. The van der Waals surface area contributed by atoms with Gasteiger partial charge in [-0.25, -0.2) is 14.7 Å². The highest BCUT2D eigenvalue weighted by Gasteiger charge is 2.06. The number of aromatic amines is 1. The third kappa shape index (κ3) is 1.04. The standard InChI is InChI=1S/C4H3FN2O2/c5-9-4(8)3-1-6-2-7-3/h1-2H,(H,6,7). The molecule has 1 heterocycles. The van der Waals surface area contributed by atoms with Crippen LogP contribution in [0, 0.1) is 0 Å². The third-order valence-corrected chi connectivity index (χ3v) is 0.788. The Balaban J connectivity index is 2.77. The number of H-pyrrole nitrogens is 1. The zero-order valence-corrected chi connectivity index (χ0v) is 4.30. The van der Waals surface area contributed by atoms with Crippen molar-refractivity contribution in [1.29, 1.82) is 0 Å². The van der Waals surface area contributed by atoms with Crippen LogP contribution < -0.4 is 0 Å². The molecule has 9 heavy (non-hydrogen) atoms. The topological polar surface area (TPSA) is 55.0 Å². The number of hydrogen-bond donors (Lipinski definition) is 1. The van der Waals surface area contributed by atoms with E-state index in [1.165, 1.54) is 12.5 Å². The molecule has 0 aromatic carbocycles. The zero-order valence-electron chi connectivity index (χ0n) is 4.30. The van der Waals surface area contributed by atoms with E-state index in [9.17, 15) is 9.32 Å². The largest absolute Gasteiger partial charge is 0.397 e. The maximum atomic E-state index is 11.1. The molecule has 5 heteroatoms. The third-order valence-electron chi connectivity index (χ3n) is 0.788. The minimum atomic E-state index is -1.06. The smallest absolute Gasteiger partial charge is 0.339 e. The van der Waals surface area contributed by atoms with Crippen molar-refractivity contribution in [3.63, 3.8) is 0 Å². The SMILES string of the molecule is O=C(OF)c1cnc[nH]1. The Kier molecular flexibility index (Phi) is 1.44. The second kappa shape index (κ2) is 2.25. The Morgan fingerprint density at radius 1 is 1.89 bits per heavy atom. The molecule has 0 radical (unpaired) electrons. The molecule has 0 aliphatic rings. The Hall–Kier alpha value is -1.39. The summed E-state index contributed by atoms with van der Waals surface area (Å²) in [4.78, 5) is 18.9. The first-order valence-corrected chi connectivity index (χ1v) is 2.16. The van der Waals surface area contributed by atoms with E-state index in [-0.39, 0.29) is 5.69 Å². The fourth-order valence-corrected chi connectivity index (χ4v) is 0.409. The number of aromatic nitrogens is 2. The number of carbonyl (C=O) groups excluding carboxylic acids is 1. The van der Waals surface area contributed by atoms with Gasteiger partial charge < -0.3 is 4.98 Å². The van der Waals surface area contributed by atoms with Crippen molar-refractivity contribution in [2.24, 2.45) is 0 Å². The number of nitrogens with zero attached hydrogens (tertiary/aromatic N) is 1. The van der Waals surface area contributed by atoms with Crippen LogP contribution in [-0.4, -0.2) is 15.9 Å². The number of hydrogen-bond acceptors (Lipinski definition) is 3. The highest BCUT2D eigenvalue weighted by atomic mass is 19.3. The van der Waals surface area contributed by atoms with Crippen LogP contribution in [0.3, 0.4) is 0 Å². The lowest BCUT2D eigenvalue weighted by Crippen LogP contribution is -1.97. The van der Waals surface area contributed by atoms with Crippen LogP contribution in [0.1, 0.15) is 10.5 Å². The van der Waals surface area contributed by atoms with E-state index in [4.69, 9.17) is 0 Å². The van der Waals surface area contributed by atoms with Gasteiger partial charge in [-0.15, -0.1) is 0 Å². The molecule has 0 atom stereocenters. The van der Waals surface area contributed by atoms with E-state index in [0.717, 1.165) is 0 Å². The molecule has 0 aliphatic carbocycles. The fourth-order valence-electron chi connectivity index (χ4n) is 0.409. The van der Waals surface area contributed by atoms with Crippen molar-refractivity contribution < 1.29 is 14.3 Å². The van der Waals surface area contributed by atoms with Crippen LogP contribution in [0.2, 0.25) is 0 Å². The molecule has 0 amide bonds. The molecule has 0 bridgehead atoms. The minimum Gasteiger partial charge on any atom is -0.339 e. The van der Waals surface area contributed by atoms with E-state index >= 15 is 0 Å². The van der Waals surface area contributed by atoms with Gasteiger partial charge in [0.15, 0.2) is 0 Å². The molecule has 48 valence electrons. The van der Waals surface area contributed by atoms with Gasteiger partial charge in [-0.3, -0.25) is 0 Å². The number of rotatable bonds is 1. The second-order valence-corrected chi connectivity index (χ2v) is 1.33. The molecule has 0 fully saturated rings. The van der Waals surface area contributed by atoms with Crippen molar-refractivity contribution in [3.8, 4) is 0 Å². The van der Waals surface area contributed by atoms with Gasteiger partial charge in [-0.2, -0.15) is 0 Å². The summed E-state index contributed by atoms with van der Waals surface area (Å²) in [5.74, 6) is -1.06. The van der Waals surface area contributed by atoms with Gasteiger partial charge in [-0.05, 0) is 0 Å². The fraction of sp³-hybridized carbons (Fsp3) is 0. The van der Waals surface area contributed by atoms with Crippen LogP contribution in [0.5, 0.6) is 0 Å². The summed E-state index contributed by atoms with van der Waals surface area (Å²) in [5, 5.41) is 0. The summed E-state index contributed by atoms with van der Waals surface area (Å²) in [6.07, 6.45) is 2.42. The molecule has 4 nitrogen and oxygen atoms in total. The quantitative estimate of drug-likeness (QED) is 0.600. The van der Waals surface area contributed by atoms with Gasteiger partial charge in [0.2, 0.25) is 0 Å². The predicted octanol–water partition coefficient (Wildman–Crippen LogP) is 0.451. The van der Waals surface area contributed by atoms with Gasteiger partial charge in [0.1, 0.15) is 5.69 Å². The predicted molar refractivity (Wildman–Crippen MR) is 25.1 cm³/mol. The van der Waals surface area contributed by atoms with E-state index in [1.807, 2.05) is 0 Å². The van der Waals surface area contributed by atoms with Crippen molar-refractivity contribution in [1.82, 2.24) is 9.97 Å². The van der Waals surface area contributed by atoms with E-state index in [0.29, 0.717) is 0 Å². The molecule has 0 unspecified atom stereocenters. The van der Waals surface area contributed by atoms with Crippen LogP contribution in [0.15, 0.2) is 12.5 Å². The molecule has 1 aromatic heterocycles. The maximum absolute atomic E-state index is 11.1. The number of carbonyl (C=O) groups is 1. The van der Waals surface area contributed by atoms with Crippen LogP contribution in [-0.2, 0) is 4.94 Å². The summed E-state index contributed by atoms with van der Waals surface area (Å²) in [6, 6.07) is 0. The van der Waals surface area contributed by atoms with Gasteiger partial charge in [-0.1, -0.05) is 0 Å². The van der Waals surface area contributed by atoms with E-state index < -0.39 is 5.97 Å².